The second kappa shape index (κ2) is 4.42. The first-order valence-electron chi connectivity index (χ1n) is 4.83. The Bertz CT molecular complexity index is 252. The predicted molar refractivity (Wildman–Crippen MR) is 54.5 cm³/mol. The topological polar surface area (TPSA) is 40.7 Å². The Balaban J connectivity index is 2.39. The van der Waals surface area contributed by atoms with E-state index in [0.29, 0.717) is 12.0 Å². The second-order valence-corrected chi connectivity index (χ2v) is 3.93. The summed E-state index contributed by atoms with van der Waals surface area (Å²) in [6.45, 7) is 9.60. The van der Waals surface area contributed by atoms with Gasteiger partial charge in [-0.2, -0.15) is 5.10 Å². The lowest BCUT2D eigenvalue weighted by molar-refractivity contribution is 0.426. The van der Waals surface area contributed by atoms with E-state index in [0.717, 1.165) is 12.2 Å². The highest BCUT2D eigenvalue weighted by molar-refractivity contribution is 5.13. The van der Waals surface area contributed by atoms with E-state index in [9.17, 15) is 0 Å². The van der Waals surface area contributed by atoms with Gasteiger partial charge in [-0.1, -0.05) is 13.8 Å². The van der Waals surface area contributed by atoms with E-state index in [1.165, 1.54) is 5.56 Å². The van der Waals surface area contributed by atoms with E-state index >= 15 is 0 Å². The number of rotatable bonds is 4. The van der Waals surface area contributed by atoms with E-state index in [-0.39, 0.29) is 0 Å². The van der Waals surface area contributed by atoms with Gasteiger partial charge in [-0.3, -0.25) is 5.10 Å². The molecular formula is C10H19N3. The molecule has 0 fully saturated rings. The third kappa shape index (κ3) is 2.84. The Morgan fingerprint density at radius 2 is 2.15 bits per heavy atom. The van der Waals surface area contributed by atoms with Gasteiger partial charge < -0.3 is 5.32 Å². The zero-order valence-electron chi connectivity index (χ0n) is 8.89. The molecule has 0 aliphatic heterocycles. The smallest absolute Gasteiger partial charge is 0.0535 e. The molecule has 3 heteroatoms. The molecule has 0 amide bonds. The first kappa shape index (κ1) is 10.3. The van der Waals surface area contributed by atoms with Gasteiger partial charge in [0.25, 0.3) is 0 Å². The summed E-state index contributed by atoms with van der Waals surface area (Å²) >= 11 is 0. The average Bonchev–Trinajstić information content (AvgIpc) is 2.47. The Morgan fingerprint density at radius 3 is 2.62 bits per heavy atom. The normalized spacial score (nSPS) is 13.6. The molecule has 0 bridgehead atoms. The minimum absolute atomic E-state index is 0.550. The monoisotopic (exact) mass is 181 g/mol. The Kier molecular flexibility index (Phi) is 3.48. The Hall–Kier alpha value is -0.830. The van der Waals surface area contributed by atoms with Crippen LogP contribution in [0.1, 0.15) is 32.0 Å². The van der Waals surface area contributed by atoms with Crippen LogP contribution in [0.2, 0.25) is 0 Å². The van der Waals surface area contributed by atoms with Crippen molar-refractivity contribution in [1.29, 1.82) is 0 Å². The fourth-order valence-corrected chi connectivity index (χ4v) is 1.06. The van der Waals surface area contributed by atoms with Crippen LogP contribution in [-0.4, -0.2) is 16.2 Å². The molecule has 3 nitrogen and oxygen atoms in total. The van der Waals surface area contributed by atoms with Crippen LogP contribution >= 0.6 is 0 Å². The SMILES string of the molecule is Cc1[nH]ncc1CNC(C)C(C)C. The molecule has 0 saturated heterocycles. The van der Waals surface area contributed by atoms with Gasteiger partial charge in [0, 0.05) is 23.8 Å². The zero-order valence-corrected chi connectivity index (χ0v) is 8.89. The fraction of sp³-hybridized carbons (Fsp3) is 0.700. The van der Waals surface area contributed by atoms with Crippen LogP contribution in [-0.2, 0) is 6.54 Å². The van der Waals surface area contributed by atoms with E-state index in [4.69, 9.17) is 0 Å². The van der Waals surface area contributed by atoms with Crippen LogP contribution < -0.4 is 5.32 Å². The van der Waals surface area contributed by atoms with E-state index in [1.54, 1.807) is 0 Å². The van der Waals surface area contributed by atoms with Crippen LogP contribution in [0.15, 0.2) is 6.20 Å². The standard InChI is InChI=1S/C10H19N3/c1-7(2)8(3)11-5-10-6-12-13-9(10)4/h6-8,11H,5H2,1-4H3,(H,12,13). The molecule has 0 radical (unpaired) electrons. The molecule has 0 saturated carbocycles. The molecule has 0 aromatic carbocycles. The van der Waals surface area contributed by atoms with Crippen LogP contribution in [0.25, 0.3) is 0 Å². The van der Waals surface area contributed by atoms with Gasteiger partial charge in [-0.25, -0.2) is 0 Å². The van der Waals surface area contributed by atoms with Crippen LogP contribution in [0.5, 0.6) is 0 Å². The van der Waals surface area contributed by atoms with Crippen molar-refractivity contribution < 1.29 is 0 Å². The third-order valence-electron chi connectivity index (χ3n) is 2.55. The van der Waals surface area contributed by atoms with Crippen molar-refractivity contribution in [2.75, 3.05) is 0 Å². The van der Waals surface area contributed by atoms with Crippen molar-refractivity contribution in [2.24, 2.45) is 5.92 Å². The lowest BCUT2D eigenvalue weighted by atomic mass is 10.1. The van der Waals surface area contributed by atoms with E-state index in [2.05, 4.69) is 36.3 Å². The fourth-order valence-electron chi connectivity index (χ4n) is 1.06. The number of hydrogen-bond donors (Lipinski definition) is 2. The maximum absolute atomic E-state index is 3.98. The summed E-state index contributed by atoms with van der Waals surface area (Å²) < 4.78 is 0. The van der Waals surface area contributed by atoms with Crippen molar-refractivity contribution in [2.45, 2.75) is 40.3 Å². The average molecular weight is 181 g/mol. The number of hydrogen-bond acceptors (Lipinski definition) is 2. The molecule has 74 valence electrons. The van der Waals surface area contributed by atoms with Gasteiger partial charge in [-0.05, 0) is 19.8 Å². The number of H-pyrrole nitrogens is 1. The quantitative estimate of drug-likeness (QED) is 0.744. The highest BCUT2D eigenvalue weighted by Crippen LogP contribution is 2.05. The van der Waals surface area contributed by atoms with E-state index < -0.39 is 0 Å². The van der Waals surface area contributed by atoms with Gasteiger partial charge in [0.1, 0.15) is 0 Å². The first-order valence-corrected chi connectivity index (χ1v) is 4.83. The molecule has 2 N–H and O–H groups in total. The molecule has 1 rings (SSSR count). The van der Waals surface area contributed by atoms with Gasteiger partial charge in [0.2, 0.25) is 0 Å². The minimum atomic E-state index is 0.550. The number of nitrogens with zero attached hydrogens (tertiary/aromatic N) is 1. The highest BCUT2D eigenvalue weighted by Gasteiger charge is 2.07. The highest BCUT2D eigenvalue weighted by atomic mass is 15.1. The van der Waals surface area contributed by atoms with Crippen molar-refractivity contribution in [3.05, 3.63) is 17.5 Å². The van der Waals surface area contributed by atoms with Gasteiger partial charge in [0.15, 0.2) is 0 Å². The summed E-state index contributed by atoms with van der Waals surface area (Å²) in [7, 11) is 0. The predicted octanol–water partition coefficient (Wildman–Crippen LogP) is 1.85. The molecule has 13 heavy (non-hydrogen) atoms. The maximum atomic E-state index is 3.98. The number of aromatic nitrogens is 2. The largest absolute Gasteiger partial charge is 0.310 e. The second-order valence-electron chi connectivity index (χ2n) is 3.93. The number of aryl methyl sites for hydroxylation is 1. The molecular weight excluding hydrogens is 162 g/mol. The van der Waals surface area contributed by atoms with Crippen molar-refractivity contribution in [3.8, 4) is 0 Å². The van der Waals surface area contributed by atoms with Gasteiger partial charge >= 0.3 is 0 Å². The molecule has 1 aromatic heterocycles. The van der Waals surface area contributed by atoms with Gasteiger partial charge in [0.05, 0.1) is 6.20 Å². The molecule has 1 atom stereocenters. The maximum Gasteiger partial charge on any atom is 0.0535 e. The molecule has 1 heterocycles. The summed E-state index contributed by atoms with van der Waals surface area (Å²) in [5.74, 6) is 0.673. The number of nitrogens with one attached hydrogen (secondary N) is 2. The summed E-state index contributed by atoms with van der Waals surface area (Å²) in [6, 6.07) is 0.550. The molecule has 1 aromatic rings. The molecule has 0 aliphatic carbocycles. The lowest BCUT2D eigenvalue weighted by Gasteiger charge is -2.16. The third-order valence-corrected chi connectivity index (χ3v) is 2.55. The summed E-state index contributed by atoms with van der Waals surface area (Å²) in [5, 5.41) is 10.4. The molecule has 1 unspecified atom stereocenters. The van der Waals surface area contributed by atoms with Crippen molar-refractivity contribution in [3.63, 3.8) is 0 Å². The Morgan fingerprint density at radius 1 is 1.46 bits per heavy atom. The zero-order chi connectivity index (χ0) is 9.84. The number of aromatic amines is 1. The summed E-state index contributed by atoms with van der Waals surface area (Å²) in [6.07, 6.45) is 1.88. The molecule has 0 spiro atoms. The lowest BCUT2D eigenvalue weighted by Crippen LogP contribution is -2.30. The minimum Gasteiger partial charge on any atom is -0.310 e. The summed E-state index contributed by atoms with van der Waals surface area (Å²) in [4.78, 5) is 0. The van der Waals surface area contributed by atoms with E-state index in [1.807, 2.05) is 13.1 Å². The molecule has 0 aliphatic rings. The van der Waals surface area contributed by atoms with Crippen LogP contribution in [0.4, 0.5) is 0 Å². The summed E-state index contributed by atoms with van der Waals surface area (Å²) in [5.41, 5.74) is 2.41. The van der Waals surface area contributed by atoms with Crippen LogP contribution in [0.3, 0.4) is 0 Å². The van der Waals surface area contributed by atoms with Crippen LogP contribution in [0, 0.1) is 12.8 Å². The first-order chi connectivity index (χ1) is 6.11. The van der Waals surface area contributed by atoms with Crippen molar-refractivity contribution >= 4 is 0 Å². The van der Waals surface area contributed by atoms with Gasteiger partial charge in [-0.15, -0.1) is 0 Å². The van der Waals surface area contributed by atoms with Crippen molar-refractivity contribution in [1.82, 2.24) is 15.5 Å². The Labute approximate surface area is 79.9 Å².